The zero-order chi connectivity index (χ0) is 13.5. The van der Waals surface area contributed by atoms with Crippen molar-refractivity contribution in [3.05, 3.63) is 23.8 Å². The van der Waals surface area contributed by atoms with Crippen molar-refractivity contribution in [1.29, 1.82) is 0 Å². The zero-order valence-corrected chi connectivity index (χ0v) is 10.0. The van der Waals surface area contributed by atoms with Crippen LogP contribution < -0.4 is 16.2 Å². The third-order valence-corrected chi connectivity index (χ3v) is 2.40. The Bertz CT molecular complexity index is 409. The van der Waals surface area contributed by atoms with Crippen molar-refractivity contribution in [2.45, 2.75) is 18.9 Å². The second kappa shape index (κ2) is 6.95. The zero-order valence-electron chi connectivity index (χ0n) is 10.0. The highest BCUT2D eigenvalue weighted by atomic mass is 16.5. The van der Waals surface area contributed by atoms with E-state index in [0.717, 1.165) is 0 Å². The highest BCUT2D eigenvalue weighted by Crippen LogP contribution is 2.29. The van der Waals surface area contributed by atoms with Crippen molar-refractivity contribution in [3.63, 3.8) is 0 Å². The first kappa shape index (κ1) is 14.4. The molecule has 6 heteroatoms. The van der Waals surface area contributed by atoms with Crippen molar-refractivity contribution in [3.8, 4) is 11.5 Å². The van der Waals surface area contributed by atoms with Crippen LogP contribution in [0.4, 0.5) is 0 Å². The largest absolute Gasteiger partial charge is 0.504 e. The summed E-state index contributed by atoms with van der Waals surface area (Å²) in [5.41, 5.74) is 11.1. The maximum atomic E-state index is 11.4. The number of aliphatic hydroxyl groups is 1. The number of aromatic hydroxyl groups is 1. The van der Waals surface area contributed by atoms with Crippen molar-refractivity contribution >= 4 is 5.97 Å². The number of phenols is 1. The maximum absolute atomic E-state index is 11.4. The Morgan fingerprint density at radius 2 is 2.11 bits per heavy atom. The minimum absolute atomic E-state index is 0.0158. The first-order chi connectivity index (χ1) is 8.58. The first-order valence-corrected chi connectivity index (χ1v) is 5.70. The summed E-state index contributed by atoms with van der Waals surface area (Å²) in [6, 6.07) is 4.26. The molecule has 0 fully saturated rings. The van der Waals surface area contributed by atoms with E-state index in [-0.39, 0.29) is 24.5 Å². The van der Waals surface area contributed by atoms with Gasteiger partial charge in [-0.25, -0.2) is 0 Å². The molecule has 0 radical (unpaired) electrons. The molecular formula is C12H18N2O4. The monoisotopic (exact) mass is 254 g/mol. The average Bonchev–Trinajstić information content (AvgIpc) is 2.38. The summed E-state index contributed by atoms with van der Waals surface area (Å²) in [5.74, 6) is -0.624. The van der Waals surface area contributed by atoms with Gasteiger partial charge in [-0.3, -0.25) is 4.79 Å². The molecule has 0 saturated carbocycles. The van der Waals surface area contributed by atoms with E-state index in [9.17, 15) is 15.0 Å². The molecule has 0 aliphatic carbocycles. The molecular weight excluding hydrogens is 236 g/mol. The van der Waals surface area contributed by atoms with Gasteiger partial charge in [-0.15, -0.1) is 0 Å². The molecule has 0 aliphatic rings. The maximum Gasteiger partial charge on any atom is 0.311 e. The molecule has 18 heavy (non-hydrogen) atoms. The highest BCUT2D eigenvalue weighted by Gasteiger charge is 2.12. The Balaban J connectivity index is 2.78. The van der Waals surface area contributed by atoms with Gasteiger partial charge in [0.25, 0.3) is 0 Å². The SMILES string of the molecule is NCCCC(=O)Oc1cc(C(O)CN)ccc1O. The molecule has 1 rings (SSSR count). The predicted octanol–water partition coefficient (Wildman–Crippen LogP) is 0.0286. The Kier molecular flexibility index (Phi) is 5.57. The summed E-state index contributed by atoms with van der Waals surface area (Å²) in [4.78, 5) is 11.4. The standard InChI is InChI=1S/C12H18N2O4/c13-5-1-2-12(17)18-11-6-8(10(16)7-14)3-4-9(11)15/h3-4,6,10,15-16H,1-2,5,7,13-14H2. The number of carbonyl (C=O) groups is 1. The van der Waals surface area contributed by atoms with Gasteiger partial charge in [0.2, 0.25) is 0 Å². The molecule has 1 unspecified atom stereocenters. The predicted molar refractivity (Wildman–Crippen MR) is 66.0 cm³/mol. The van der Waals surface area contributed by atoms with Crippen LogP contribution in [0.5, 0.6) is 11.5 Å². The molecule has 100 valence electrons. The van der Waals surface area contributed by atoms with E-state index < -0.39 is 12.1 Å². The van der Waals surface area contributed by atoms with E-state index in [4.69, 9.17) is 16.2 Å². The lowest BCUT2D eigenvalue weighted by molar-refractivity contribution is -0.134. The summed E-state index contributed by atoms with van der Waals surface area (Å²) in [7, 11) is 0. The molecule has 1 aromatic rings. The van der Waals surface area contributed by atoms with Crippen LogP contribution in [0.1, 0.15) is 24.5 Å². The van der Waals surface area contributed by atoms with Crippen molar-refractivity contribution in [2.75, 3.05) is 13.1 Å². The van der Waals surface area contributed by atoms with E-state index in [2.05, 4.69) is 0 Å². The number of aliphatic hydroxyl groups excluding tert-OH is 1. The van der Waals surface area contributed by atoms with Crippen LogP contribution in [0.15, 0.2) is 18.2 Å². The van der Waals surface area contributed by atoms with E-state index in [0.29, 0.717) is 18.5 Å². The second-order valence-corrected chi connectivity index (χ2v) is 3.84. The van der Waals surface area contributed by atoms with Gasteiger partial charge in [0.1, 0.15) is 0 Å². The lowest BCUT2D eigenvalue weighted by Gasteiger charge is -2.11. The van der Waals surface area contributed by atoms with Crippen LogP contribution in [-0.2, 0) is 4.79 Å². The molecule has 1 aromatic carbocycles. The Labute approximate surface area is 105 Å². The third-order valence-electron chi connectivity index (χ3n) is 2.40. The normalized spacial score (nSPS) is 12.2. The van der Waals surface area contributed by atoms with E-state index >= 15 is 0 Å². The topological polar surface area (TPSA) is 119 Å². The van der Waals surface area contributed by atoms with Gasteiger partial charge in [-0.2, -0.15) is 0 Å². The Hall–Kier alpha value is -1.63. The van der Waals surface area contributed by atoms with E-state index in [1.54, 1.807) is 0 Å². The summed E-state index contributed by atoms with van der Waals surface area (Å²) in [6.07, 6.45) is -0.156. The number of hydrogen-bond donors (Lipinski definition) is 4. The van der Waals surface area contributed by atoms with Gasteiger partial charge >= 0.3 is 5.97 Å². The molecule has 0 bridgehead atoms. The summed E-state index contributed by atoms with van der Waals surface area (Å²) >= 11 is 0. The second-order valence-electron chi connectivity index (χ2n) is 3.84. The molecule has 1 atom stereocenters. The lowest BCUT2D eigenvalue weighted by Crippen LogP contribution is -2.13. The van der Waals surface area contributed by atoms with Crippen molar-refractivity contribution in [2.24, 2.45) is 11.5 Å². The number of nitrogens with two attached hydrogens (primary N) is 2. The van der Waals surface area contributed by atoms with E-state index in [1.807, 2.05) is 0 Å². The fourth-order valence-electron chi connectivity index (χ4n) is 1.38. The number of carbonyl (C=O) groups excluding carboxylic acids is 1. The molecule has 0 heterocycles. The lowest BCUT2D eigenvalue weighted by atomic mass is 10.1. The number of ether oxygens (including phenoxy) is 1. The van der Waals surface area contributed by atoms with Gasteiger partial charge in [0.05, 0.1) is 6.10 Å². The summed E-state index contributed by atoms with van der Waals surface area (Å²) < 4.78 is 4.99. The molecule has 6 nitrogen and oxygen atoms in total. The summed E-state index contributed by atoms with van der Waals surface area (Å²) in [5, 5.41) is 19.1. The van der Waals surface area contributed by atoms with Gasteiger partial charge in [-0.05, 0) is 30.7 Å². The number of hydrogen-bond acceptors (Lipinski definition) is 6. The Morgan fingerprint density at radius 1 is 1.39 bits per heavy atom. The number of esters is 1. The summed E-state index contributed by atoms with van der Waals surface area (Å²) in [6.45, 7) is 0.443. The minimum atomic E-state index is -0.855. The smallest absolute Gasteiger partial charge is 0.311 e. The van der Waals surface area contributed by atoms with Crippen molar-refractivity contribution in [1.82, 2.24) is 0 Å². The van der Waals surface area contributed by atoms with Crippen LogP contribution in [0.25, 0.3) is 0 Å². The molecule has 6 N–H and O–H groups in total. The number of benzene rings is 1. The van der Waals surface area contributed by atoms with Crippen molar-refractivity contribution < 1.29 is 19.7 Å². The van der Waals surface area contributed by atoms with E-state index in [1.165, 1.54) is 18.2 Å². The van der Waals surface area contributed by atoms with Crippen LogP contribution in [0, 0.1) is 0 Å². The van der Waals surface area contributed by atoms with Gasteiger partial charge in [0, 0.05) is 13.0 Å². The molecule has 0 saturated heterocycles. The third kappa shape index (κ3) is 3.99. The number of rotatable bonds is 6. The highest BCUT2D eigenvalue weighted by molar-refractivity contribution is 5.73. The van der Waals surface area contributed by atoms with Gasteiger partial charge < -0.3 is 26.4 Å². The molecule has 0 amide bonds. The van der Waals surface area contributed by atoms with Gasteiger partial charge in [-0.1, -0.05) is 6.07 Å². The van der Waals surface area contributed by atoms with Gasteiger partial charge in [0.15, 0.2) is 11.5 Å². The minimum Gasteiger partial charge on any atom is -0.504 e. The molecule has 0 aromatic heterocycles. The molecule has 0 aliphatic heterocycles. The quantitative estimate of drug-likeness (QED) is 0.420. The molecule has 0 spiro atoms. The number of phenolic OH excluding ortho intramolecular Hbond substituents is 1. The fraction of sp³-hybridized carbons (Fsp3) is 0.417. The first-order valence-electron chi connectivity index (χ1n) is 5.70. The average molecular weight is 254 g/mol. The Morgan fingerprint density at radius 3 is 2.72 bits per heavy atom. The van der Waals surface area contributed by atoms with Crippen LogP contribution in [0.2, 0.25) is 0 Å². The van der Waals surface area contributed by atoms with Crippen LogP contribution in [0.3, 0.4) is 0 Å². The fourth-order valence-corrected chi connectivity index (χ4v) is 1.38. The van der Waals surface area contributed by atoms with Crippen LogP contribution in [-0.4, -0.2) is 29.3 Å². The van der Waals surface area contributed by atoms with Crippen LogP contribution >= 0.6 is 0 Å².